The van der Waals surface area contributed by atoms with E-state index in [1.165, 1.54) is 19.1 Å². The number of rotatable bonds is 13. The lowest BCUT2D eigenvalue weighted by Crippen LogP contribution is -2.56. The predicted octanol–water partition coefficient (Wildman–Crippen LogP) is 3.96. The number of hydrogen-bond acceptors (Lipinski definition) is 8. The number of carbonyl (C=O) groups excluding carboxylic acids is 4. The van der Waals surface area contributed by atoms with Gasteiger partial charge in [-0.25, -0.2) is 9.78 Å². The van der Waals surface area contributed by atoms with Gasteiger partial charge in [-0.2, -0.15) is 13.2 Å². The number of nitrogens with one attached hydrogen (secondary N) is 3. The molecule has 1 aromatic heterocycles. The van der Waals surface area contributed by atoms with E-state index in [0.717, 1.165) is 23.9 Å². The van der Waals surface area contributed by atoms with E-state index in [2.05, 4.69) is 20.9 Å². The monoisotopic (exact) mass is 632 g/mol. The summed E-state index contributed by atoms with van der Waals surface area (Å²) in [4.78, 5) is 66.4. The third-order valence-electron chi connectivity index (χ3n) is 6.41. The van der Waals surface area contributed by atoms with Gasteiger partial charge in [0.1, 0.15) is 24.7 Å². The number of Topliss-reactive ketones (excluding diaryl/α,β-unsaturated/α-hetero) is 1. The minimum Gasteiger partial charge on any atom is -0.481 e. The summed E-state index contributed by atoms with van der Waals surface area (Å²) in [5.74, 6) is -5.91. The highest BCUT2D eigenvalue weighted by atomic mass is 19.4. The van der Waals surface area contributed by atoms with Crippen molar-refractivity contribution in [1.29, 1.82) is 0 Å². The standard InChI is InChI=1S/C30H31F3N4O8/c1-16(2)24(37-29(43)44-15-18-9-5-4-6-10-18)27(42)35-17(3)26(41)36-21(13-23(38)39)25(40)28-34-14-22(45-28)19-11-7-8-12-20(19)30(31,32)33/h4-12,14,16-17,21,24H,13,15H2,1-3H3,(H,35,42)(H,36,41)(H,37,43)(H,38,39). The van der Waals surface area contributed by atoms with Crippen LogP contribution in [0.1, 0.15) is 49.0 Å². The quantitative estimate of drug-likeness (QED) is 0.203. The summed E-state index contributed by atoms with van der Waals surface area (Å²) in [5, 5.41) is 16.4. The Morgan fingerprint density at radius 3 is 2.18 bits per heavy atom. The second kappa shape index (κ2) is 15.0. The molecule has 0 bridgehead atoms. The maximum absolute atomic E-state index is 13.4. The van der Waals surface area contributed by atoms with Crippen molar-refractivity contribution in [2.45, 2.75) is 58.1 Å². The van der Waals surface area contributed by atoms with Crippen molar-refractivity contribution in [3.05, 3.63) is 77.8 Å². The van der Waals surface area contributed by atoms with Crippen molar-refractivity contribution in [2.75, 3.05) is 0 Å². The van der Waals surface area contributed by atoms with E-state index in [9.17, 15) is 42.3 Å². The van der Waals surface area contributed by atoms with Crippen LogP contribution < -0.4 is 16.0 Å². The van der Waals surface area contributed by atoms with Crippen LogP contribution in [0.5, 0.6) is 0 Å². The number of carbonyl (C=O) groups is 5. The van der Waals surface area contributed by atoms with Crippen LogP contribution in [0.3, 0.4) is 0 Å². The molecule has 45 heavy (non-hydrogen) atoms. The van der Waals surface area contributed by atoms with Crippen LogP contribution in [-0.2, 0) is 31.9 Å². The molecule has 1 heterocycles. The van der Waals surface area contributed by atoms with Crippen LogP contribution >= 0.6 is 0 Å². The van der Waals surface area contributed by atoms with E-state index >= 15 is 0 Å². The fraction of sp³-hybridized carbons (Fsp3) is 0.333. The van der Waals surface area contributed by atoms with Crippen LogP contribution in [0.25, 0.3) is 11.3 Å². The molecular formula is C30H31F3N4O8. The van der Waals surface area contributed by atoms with Crippen molar-refractivity contribution in [1.82, 2.24) is 20.9 Å². The van der Waals surface area contributed by atoms with Gasteiger partial charge in [-0.1, -0.05) is 62.4 Å². The molecule has 12 nitrogen and oxygen atoms in total. The second-order valence-electron chi connectivity index (χ2n) is 10.3. The van der Waals surface area contributed by atoms with Crippen LogP contribution in [-0.4, -0.2) is 57.9 Å². The number of ketones is 1. The summed E-state index contributed by atoms with van der Waals surface area (Å²) >= 11 is 0. The number of aliphatic carboxylic acids is 1. The Kier molecular flexibility index (Phi) is 11.4. The average Bonchev–Trinajstić information content (AvgIpc) is 3.48. The normalized spacial score (nSPS) is 13.3. The molecule has 3 rings (SSSR count). The average molecular weight is 633 g/mol. The Balaban J connectivity index is 1.67. The third kappa shape index (κ3) is 9.64. The molecule has 4 N–H and O–H groups in total. The van der Waals surface area contributed by atoms with E-state index in [1.54, 1.807) is 44.2 Å². The van der Waals surface area contributed by atoms with Crippen LogP contribution in [0.15, 0.2) is 65.2 Å². The van der Waals surface area contributed by atoms with Crippen LogP contribution in [0.4, 0.5) is 18.0 Å². The zero-order valence-corrected chi connectivity index (χ0v) is 24.4. The molecule has 3 aromatic rings. The number of carboxylic acids is 1. The molecule has 0 saturated carbocycles. The molecule has 3 unspecified atom stereocenters. The summed E-state index contributed by atoms with van der Waals surface area (Å²) in [6.45, 7) is 4.51. The Morgan fingerprint density at radius 1 is 0.911 bits per heavy atom. The summed E-state index contributed by atoms with van der Waals surface area (Å²) in [6, 6.07) is 9.06. The van der Waals surface area contributed by atoms with Gasteiger partial charge in [-0.15, -0.1) is 0 Å². The Labute approximate surface area is 255 Å². The van der Waals surface area contributed by atoms with E-state index in [4.69, 9.17) is 9.15 Å². The van der Waals surface area contributed by atoms with Crippen LogP contribution in [0.2, 0.25) is 0 Å². The van der Waals surface area contributed by atoms with E-state index in [0.29, 0.717) is 0 Å². The van der Waals surface area contributed by atoms with Gasteiger partial charge in [0.05, 0.1) is 18.2 Å². The molecule has 0 spiro atoms. The summed E-state index contributed by atoms with van der Waals surface area (Å²) < 4.78 is 50.7. The summed E-state index contributed by atoms with van der Waals surface area (Å²) in [6.07, 6.45) is -5.66. The van der Waals surface area contributed by atoms with Crippen molar-refractivity contribution in [2.24, 2.45) is 5.92 Å². The number of halogens is 3. The number of hydrogen-bond donors (Lipinski definition) is 4. The van der Waals surface area contributed by atoms with Gasteiger partial charge in [0, 0.05) is 5.56 Å². The lowest BCUT2D eigenvalue weighted by molar-refractivity contribution is -0.138. The van der Waals surface area contributed by atoms with Gasteiger partial charge in [-0.05, 0) is 24.5 Å². The van der Waals surface area contributed by atoms with Gasteiger partial charge in [0.2, 0.25) is 17.6 Å². The number of aromatic nitrogens is 1. The molecule has 3 amide bonds. The largest absolute Gasteiger partial charge is 0.481 e. The minimum absolute atomic E-state index is 0.0439. The van der Waals surface area contributed by atoms with Gasteiger partial charge < -0.3 is 30.2 Å². The lowest BCUT2D eigenvalue weighted by atomic mass is 10.0. The Morgan fingerprint density at radius 2 is 1.56 bits per heavy atom. The maximum atomic E-state index is 13.4. The first kappa shape index (κ1) is 34.3. The molecule has 2 aromatic carbocycles. The number of alkyl halides is 3. The number of nitrogens with zero attached hydrogens (tertiary/aromatic N) is 1. The van der Waals surface area contributed by atoms with E-state index in [1.807, 2.05) is 0 Å². The summed E-state index contributed by atoms with van der Waals surface area (Å²) in [5.41, 5.74) is -0.719. The number of carboxylic acid groups (broad SMARTS) is 1. The highest BCUT2D eigenvalue weighted by molar-refractivity contribution is 6.01. The SMILES string of the molecule is CC(NC(=O)C(NC(=O)OCc1ccccc1)C(C)C)C(=O)NC(CC(=O)O)C(=O)c1ncc(-c2ccccc2C(F)(F)F)o1. The molecule has 0 fully saturated rings. The lowest BCUT2D eigenvalue weighted by Gasteiger charge is -2.24. The van der Waals surface area contributed by atoms with E-state index < -0.39 is 89.1 Å². The number of ether oxygens (including phenoxy) is 1. The van der Waals surface area contributed by atoms with Crippen molar-refractivity contribution in [3.8, 4) is 11.3 Å². The molecule has 0 radical (unpaired) electrons. The third-order valence-corrected chi connectivity index (χ3v) is 6.41. The van der Waals surface area contributed by atoms with Crippen molar-refractivity contribution < 1.29 is 51.4 Å². The highest BCUT2D eigenvalue weighted by Gasteiger charge is 2.36. The number of oxazole rings is 1. The van der Waals surface area contributed by atoms with Crippen molar-refractivity contribution >= 4 is 29.7 Å². The second-order valence-corrected chi connectivity index (χ2v) is 10.3. The fourth-order valence-electron chi connectivity index (χ4n) is 4.08. The van der Waals surface area contributed by atoms with Crippen LogP contribution in [0, 0.1) is 5.92 Å². The van der Waals surface area contributed by atoms with Gasteiger partial charge in [0.25, 0.3) is 5.89 Å². The zero-order valence-electron chi connectivity index (χ0n) is 24.4. The smallest absolute Gasteiger partial charge is 0.417 e. The Bertz CT molecular complexity index is 1520. The van der Waals surface area contributed by atoms with Crippen molar-refractivity contribution in [3.63, 3.8) is 0 Å². The Hall–Kier alpha value is -5.21. The summed E-state index contributed by atoms with van der Waals surface area (Å²) in [7, 11) is 0. The first-order valence-corrected chi connectivity index (χ1v) is 13.6. The molecular weight excluding hydrogens is 601 g/mol. The number of alkyl carbamates (subject to hydrolysis) is 1. The number of benzene rings is 2. The first-order valence-electron chi connectivity index (χ1n) is 13.6. The zero-order chi connectivity index (χ0) is 33.3. The molecule has 0 aliphatic carbocycles. The topological polar surface area (TPSA) is 177 Å². The molecule has 0 aliphatic heterocycles. The van der Waals surface area contributed by atoms with Gasteiger partial charge >= 0.3 is 18.2 Å². The maximum Gasteiger partial charge on any atom is 0.417 e. The molecule has 15 heteroatoms. The van der Waals surface area contributed by atoms with E-state index in [-0.39, 0.29) is 6.61 Å². The van der Waals surface area contributed by atoms with Gasteiger partial charge in [0.15, 0.2) is 5.76 Å². The minimum atomic E-state index is -4.74. The number of amides is 3. The molecule has 240 valence electrons. The highest BCUT2D eigenvalue weighted by Crippen LogP contribution is 2.37. The molecule has 3 atom stereocenters. The van der Waals surface area contributed by atoms with Gasteiger partial charge in [-0.3, -0.25) is 19.2 Å². The predicted molar refractivity (Wildman–Crippen MR) is 151 cm³/mol. The molecule has 0 aliphatic rings. The first-order chi connectivity index (χ1) is 21.2. The molecule has 0 saturated heterocycles. The fourth-order valence-corrected chi connectivity index (χ4v) is 4.08.